The molecule has 2 rings (SSSR count). The average Bonchev–Trinajstić information content (AvgIpc) is 2.89. The molecule has 1 unspecified atom stereocenters. The molecule has 2 aromatic rings. The van der Waals surface area contributed by atoms with Crippen LogP contribution in [0.4, 0.5) is 0 Å². The third-order valence-corrected chi connectivity index (χ3v) is 4.89. The molecule has 18 heavy (non-hydrogen) atoms. The molecule has 0 spiro atoms. The molecule has 0 saturated heterocycles. The van der Waals surface area contributed by atoms with E-state index in [0.717, 1.165) is 14.8 Å². The van der Waals surface area contributed by atoms with Gasteiger partial charge in [-0.15, -0.1) is 17.8 Å². The van der Waals surface area contributed by atoms with Crippen LogP contribution in [0.1, 0.15) is 6.92 Å². The summed E-state index contributed by atoms with van der Waals surface area (Å²) in [6, 6.07) is 9.26. The maximum atomic E-state index is 12.0. The van der Waals surface area contributed by atoms with Gasteiger partial charge in [0.05, 0.1) is 16.6 Å². The zero-order chi connectivity index (χ0) is 13.0. The van der Waals surface area contributed by atoms with E-state index in [9.17, 15) is 4.21 Å². The Morgan fingerprint density at radius 1 is 1.44 bits per heavy atom. The van der Waals surface area contributed by atoms with E-state index >= 15 is 0 Å². The minimum absolute atomic E-state index is 0.216. The van der Waals surface area contributed by atoms with Crippen LogP contribution in [0.2, 0.25) is 0 Å². The van der Waals surface area contributed by atoms with Crippen molar-refractivity contribution in [1.82, 2.24) is 9.71 Å². The number of nitrogens with zero attached hydrogens (tertiary/aromatic N) is 1. The zero-order valence-corrected chi connectivity index (χ0v) is 11.4. The number of hydrogen-bond donors (Lipinski definition) is 1. The minimum atomic E-state index is -1.27. The van der Waals surface area contributed by atoms with Gasteiger partial charge in [-0.25, -0.2) is 8.93 Å². The molecule has 0 aliphatic rings. The highest BCUT2D eigenvalue weighted by Crippen LogP contribution is 2.27. The summed E-state index contributed by atoms with van der Waals surface area (Å²) in [5.74, 6) is 2.49. The molecule has 0 radical (unpaired) electrons. The van der Waals surface area contributed by atoms with Crippen molar-refractivity contribution in [2.75, 3.05) is 0 Å². The monoisotopic (exact) mass is 276 g/mol. The van der Waals surface area contributed by atoms with Crippen LogP contribution in [0.3, 0.4) is 0 Å². The van der Waals surface area contributed by atoms with E-state index in [1.807, 2.05) is 30.3 Å². The molecule has 5 heteroatoms. The van der Waals surface area contributed by atoms with Gasteiger partial charge in [0.15, 0.2) is 0 Å². The van der Waals surface area contributed by atoms with Crippen molar-refractivity contribution in [2.24, 2.45) is 0 Å². The van der Waals surface area contributed by atoms with Crippen LogP contribution in [0.15, 0.2) is 40.7 Å². The predicted octanol–water partition coefficient (Wildman–Crippen LogP) is 2.44. The summed E-state index contributed by atoms with van der Waals surface area (Å²) in [7, 11) is -1.27. The van der Waals surface area contributed by atoms with Crippen LogP contribution >= 0.6 is 11.3 Å². The Bertz CT molecular complexity index is 587. The number of hydrogen-bond acceptors (Lipinski definition) is 3. The van der Waals surface area contributed by atoms with Crippen molar-refractivity contribution >= 4 is 22.3 Å². The highest BCUT2D eigenvalue weighted by atomic mass is 32.2. The fourth-order valence-corrected chi connectivity index (χ4v) is 3.45. The highest BCUT2D eigenvalue weighted by molar-refractivity contribution is 7.85. The van der Waals surface area contributed by atoms with Crippen molar-refractivity contribution in [3.8, 4) is 22.9 Å². The molecule has 0 bridgehead atoms. The molecule has 0 amide bonds. The van der Waals surface area contributed by atoms with Crippen LogP contribution in [-0.4, -0.2) is 15.2 Å². The van der Waals surface area contributed by atoms with Crippen molar-refractivity contribution < 1.29 is 4.21 Å². The molecular formula is C13H12N2OS2. The molecule has 0 fully saturated rings. The lowest BCUT2D eigenvalue weighted by atomic mass is 10.3. The van der Waals surface area contributed by atoms with Crippen LogP contribution in [0.5, 0.6) is 0 Å². The normalized spacial score (nSPS) is 13.8. The molecule has 92 valence electrons. The molecular weight excluding hydrogens is 264 g/mol. The van der Waals surface area contributed by atoms with Crippen molar-refractivity contribution in [3.63, 3.8) is 0 Å². The standard InChI is InChI=1S/C13H12N2OS2/c1-3-10(2)15-18(16)13-8-7-12(17-13)11-6-4-5-9-14-11/h1,4-10,15H,2H3/t10-,18?/m1/s1. The van der Waals surface area contributed by atoms with Crippen LogP contribution in [0.25, 0.3) is 10.6 Å². The fourth-order valence-electron chi connectivity index (χ4n) is 1.32. The zero-order valence-electron chi connectivity index (χ0n) is 9.79. The summed E-state index contributed by atoms with van der Waals surface area (Å²) in [5.41, 5.74) is 0.885. The van der Waals surface area contributed by atoms with Gasteiger partial charge >= 0.3 is 0 Å². The smallest absolute Gasteiger partial charge is 0.136 e. The van der Waals surface area contributed by atoms with Crippen molar-refractivity contribution in [2.45, 2.75) is 17.2 Å². The Kier molecular flexibility index (Phi) is 4.26. The second-order valence-electron chi connectivity index (χ2n) is 3.61. The van der Waals surface area contributed by atoms with E-state index < -0.39 is 11.0 Å². The Morgan fingerprint density at radius 2 is 2.28 bits per heavy atom. The quantitative estimate of drug-likeness (QED) is 0.872. The third kappa shape index (κ3) is 3.05. The van der Waals surface area contributed by atoms with E-state index in [0.29, 0.717) is 0 Å². The largest absolute Gasteiger partial charge is 0.255 e. The van der Waals surface area contributed by atoms with Crippen LogP contribution in [0, 0.1) is 12.3 Å². The summed E-state index contributed by atoms with van der Waals surface area (Å²) in [6.07, 6.45) is 6.98. The summed E-state index contributed by atoms with van der Waals surface area (Å²) in [4.78, 5) is 5.25. The summed E-state index contributed by atoms with van der Waals surface area (Å²) in [5, 5.41) is 0. The SMILES string of the molecule is C#C[C@@H](C)NS(=O)c1ccc(-c2ccccn2)s1. The first-order valence-corrected chi connectivity index (χ1v) is 7.32. The molecule has 1 N–H and O–H groups in total. The highest BCUT2D eigenvalue weighted by Gasteiger charge is 2.10. The van der Waals surface area contributed by atoms with Gasteiger partial charge in [0.1, 0.15) is 15.2 Å². The number of thiophene rings is 1. The topological polar surface area (TPSA) is 42.0 Å². The molecule has 0 aliphatic heterocycles. The van der Waals surface area contributed by atoms with Crippen molar-refractivity contribution in [3.05, 3.63) is 36.5 Å². The molecule has 0 aromatic carbocycles. The van der Waals surface area contributed by atoms with Gasteiger partial charge in [-0.05, 0) is 31.2 Å². The second kappa shape index (κ2) is 5.91. The fraction of sp³-hybridized carbons (Fsp3) is 0.154. The summed E-state index contributed by atoms with van der Waals surface area (Å²) >= 11 is 1.45. The Labute approximate surface area is 113 Å². The van der Waals surface area contributed by atoms with Gasteiger partial charge < -0.3 is 0 Å². The summed E-state index contributed by atoms with van der Waals surface area (Å²) < 4.78 is 15.5. The number of aromatic nitrogens is 1. The molecule has 0 saturated carbocycles. The summed E-state index contributed by atoms with van der Waals surface area (Å²) in [6.45, 7) is 1.80. The first-order valence-electron chi connectivity index (χ1n) is 5.36. The predicted molar refractivity (Wildman–Crippen MR) is 75.4 cm³/mol. The van der Waals surface area contributed by atoms with Gasteiger partial charge in [-0.3, -0.25) is 4.98 Å². The van der Waals surface area contributed by atoms with Gasteiger partial charge in [-0.2, -0.15) is 0 Å². The number of terminal acetylenes is 1. The van der Waals surface area contributed by atoms with E-state index in [1.165, 1.54) is 11.3 Å². The molecule has 0 aliphatic carbocycles. The lowest BCUT2D eigenvalue weighted by Gasteiger charge is -2.04. The maximum Gasteiger partial charge on any atom is 0.136 e. The second-order valence-corrected chi connectivity index (χ2v) is 6.16. The number of pyridine rings is 1. The Morgan fingerprint density at radius 3 is 2.94 bits per heavy atom. The lowest BCUT2D eigenvalue weighted by molar-refractivity contribution is 0.669. The van der Waals surface area contributed by atoms with Gasteiger partial charge in [0, 0.05) is 6.20 Å². The van der Waals surface area contributed by atoms with Crippen LogP contribution < -0.4 is 4.72 Å². The first-order chi connectivity index (χ1) is 8.70. The maximum absolute atomic E-state index is 12.0. The van der Waals surface area contributed by atoms with Gasteiger partial charge in [0.2, 0.25) is 0 Å². The number of rotatable bonds is 4. The first kappa shape index (κ1) is 13.0. The van der Waals surface area contributed by atoms with E-state index in [4.69, 9.17) is 6.42 Å². The van der Waals surface area contributed by atoms with E-state index in [1.54, 1.807) is 13.1 Å². The lowest BCUT2D eigenvalue weighted by Crippen LogP contribution is -2.25. The Balaban J connectivity index is 2.17. The molecule has 2 atom stereocenters. The van der Waals surface area contributed by atoms with Crippen LogP contribution in [-0.2, 0) is 11.0 Å². The molecule has 3 nitrogen and oxygen atoms in total. The van der Waals surface area contributed by atoms with E-state index in [-0.39, 0.29) is 6.04 Å². The molecule has 2 heterocycles. The Hall–Kier alpha value is -1.48. The van der Waals surface area contributed by atoms with Crippen molar-refractivity contribution in [1.29, 1.82) is 0 Å². The minimum Gasteiger partial charge on any atom is -0.255 e. The van der Waals surface area contributed by atoms with E-state index in [2.05, 4.69) is 15.6 Å². The average molecular weight is 276 g/mol. The number of nitrogens with one attached hydrogen (secondary N) is 1. The van der Waals surface area contributed by atoms with Gasteiger partial charge in [0.25, 0.3) is 0 Å². The van der Waals surface area contributed by atoms with Gasteiger partial charge in [-0.1, -0.05) is 12.0 Å². The molecule has 2 aromatic heterocycles. The third-order valence-electron chi connectivity index (χ3n) is 2.22.